The number of halogens is 6. The van der Waals surface area contributed by atoms with E-state index < -0.39 is 31.6 Å². The molecule has 11 heavy (non-hydrogen) atoms. The summed E-state index contributed by atoms with van der Waals surface area (Å²) in [5.41, 5.74) is 0. The van der Waals surface area contributed by atoms with Crippen LogP contribution in [-0.2, 0) is 0 Å². The molecule has 6 heteroatoms. The van der Waals surface area contributed by atoms with Gasteiger partial charge in [0.1, 0.15) is 13.1 Å². The highest BCUT2D eigenvalue weighted by Gasteiger charge is 2.43. The van der Waals surface area contributed by atoms with Crippen LogP contribution in [0.2, 0.25) is 0 Å². The van der Waals surface area contributed by atoms with Gasteiger partial charge < -0.3 is 0 Å². The van der Waals surface area contributed by atoms with Gasteiger partial charge in [0, 0.05) is 6.42 Å². The third-order valence-electron chi connectivity index (χ3n) is 0.835. The van der Waals surface area contributed by atoms with Crippen LogP contribution < -0.4 is 0 Å². The highest BCUT2D eigenvalue weighted by Crippen LogP contribution is 2.34. The van der Waals surface area contributed by atoms with Gasteiger partial charge in [-0.2, -0.15) is 13.2 Å². The lowest BCUT2D eigenvalue weighted by molar-refractivity contribution is -0.188. The summed E-state index contributed by atoms with van der Waals surface area (Å²) in [6.45, 7) is -0.480. The molecule has 0 saturated heterocycles. The fourth-order valence-electron chi connectivity index (χ4n) is 0.478. The number of alkyl halides is 5. The maximum absolute atomic E-state index is 11.9. The van der Waals surface area contributed by atoms with Gasteiger partial charge in [-0.05, 0) is 0 Å². The summed E-state index contributed by atoms with van der Waals surface area (Å²) in [6, 6.07) is 0. The van der Waals surface area contributed by atoms with Gasteiger partial charge >= 0.3 is 6.18 Å². The van der Waals surface area contributed by atoms with Crippen molar-refractivity contribution in [2.75, 3.05) is 0 Å². The van der Waals surface area contributed by atoms with Crippen LogP contribution in [0.25, 0.3) is 0 Å². The summed E-state index contributed by atoms with van der Waals surface area (Å²) in [6.07, 6.45) is -8.72. The van der Waals surface area contributed by atoms with Gasteiger partial charge in [0.05, 0.1) is 0 Å². The highest BCUT2D eigenvalue weighted by molar-refractivity contribution is 4.73. The van der Waals surface area contributed by atoms with E-state index in [1.807, 2.05) is 0 Å². The quantitative estimate of drug-likeness (QED) is 0.584. The fourth-order valence-corrected chi connectivity index (χ4v) is 0.478. The summed E-state index contributed by atoms with van der Waals surface area (Å²) in [4.78, 5) is 0. The van der Waals surface area contributed by atoms with Crippen molar-refractivity contribution in [3.63, 3.8) is 0 Å². The minimum Gasteiger partial charge on any atom is -0.244 e. The molecule has 0 nitrogen and oxygen atoms in total. The Labute approximate surface area is 59.2 Å². The Kier molecular flexibility index (Phi) is 3.19. The second kappa shape index (κ2) is 3.32. The molecule has 0 atom stereocenters. The van der Waals surface area contributed by atoms with E-state index in [0.717, 1.165) is 0 Å². The molecule has 0 saturated carbocycles. The third-order valence-corrected chi connectivity index (χ3v) is 0.835. The first kappa shape index (κ1) is 10.6. The maximum Gasteiger partial charge on any atom is 0.394 e. The van der Waals surface area contributed by atoms with E-state index in [-0.39, 0.29) is 0 Å². The van der Waals surface area contributed by atoms with Crippen LogP contribution in [-0.4, -0.2) is 12.1 Å². The zero-order chi connectivity index (χ0) is 9.12. The molecule has 0 N–H and O–H groups in total. The second-order valence-electron chi connectivity index (χ2n) is 2.01. The van der Waals surface area contributed by atoms with E-state index in [1.54, 1.807) is 0 Å². The van der Waals surface area contributed by atoms with Crippen molar-refractivity contribution in [1.29, 1.82) is 0 Å². The summed E-state index contributed by atoms with van der Waals surface area (Å²) >= 11 is 0. The molecule has 0 aliphatic carbocycles. The Morgan fingerprint density at radius 2 is 1.45 bits per heavy atom. The molecule has 0 rings (SSSR count). The smallest absolute Gasteiger partial charge is 0.244 e. The van der Waals surface area contributed by atoms with E-state index in [4.69, 9.17) is 0 Å². The topological polar surface area (TPSA) is 0 Å². The van der Waals surface area contributed by atoms with Crippen LogP contribution in [0.5, 0.6) is 0 Å². The standard InChI is InChI=1S/C5H5F6/c6-2-1-4(7,8)3-5(9,10)11/h2H,1,3H2. The van der Waals surface area contributed by atoms with E-state index in [0.29, 0.717) is 0 Å². The Morgan fingerprint density at radius 1 is 1.00 bits per heavy atom. The summed E-state index contributed by atoms with van der Waals surface area (Å²) < 4.78 is 68.7. The number of hydrogen-bond acceptors (Lipinski definition) is 0. The summed E-state index contributed by atoms with van der Waals surface area (Å²) in [7, 11) is 0. The van der Waals surface area contributed by atoms with Crippen molar-refractivity contribution in [3.8, 4) is 0 Å². The van der Waals surface area contributed by atoms with E-state index >= 15 is 0 Å². The predicted molar refractivity (Wildman–Crippen MR) is 25.6 cm³/mol. The molecule has 0 aromatic heterocycles. The largest absolute Gasteiger partial charge is 0.394 e. The second-order valence-corrected chi connectivity index (χ2v) is 2.01. The summed E-state index contributed by atoms with van der Waals surface area (Å²) in [5, 5.41) is 0. The van der Waals surface area contributed by atoms with Crippen LogP contribution in [0.4, 0.5) is 26.3 Å². The van der Waals surface area contributed by atoms with Gasteiger partial charge in [0.25, 0.3) is 5.92 Å². The van der Waals surface area contributed by atoms with Crippen molar-refractivity contribution < 1.29 is 26.3 Å². The van der Waals surface area contributed by atoms with Gasteiger partial charge in [-0.15, -0.1) is 0 Å². The average Bonchev–Trinajstić information content (AvgIpc) is 1.55. The zero-order valence-corrected chi connectivity index (χ0v) is 5.26. The zero-order valence-electron chi connectivity index (χ0n) is 5.26. The van der Waals surface area contributed by atoms with Crippen LogP contribution in [0.15, 0.2) is 0 Å². The average molecular weight is 179 g/mol. The molecule has 0 aliphatic rings. The van der Waals surface area contributed by atoms with Crippen molar-refractivity contribution in [1.82, 2.24) is 0 Å². The molecule has 0 spiro atoms. The third kappa shape index (κ3) is 6.00. The highest BCUT2D eigenvalue weighted by atomic mass is 19.4. The molecule has 1 radical (unpaired) electrons. The van der Waals surface area contributed by atoms with Crippen LogP contribution >= 0.6 is 0 Å². The first-order valence-corrected chi connectivity index (χ1v) is 2.63. The first-order valence-electron chi connectivity index (χ1n) is 2.63. The molecule has 0 fully saturated rings. The molecule has 67 valence electrons. The van der Waals surface area contributed by atoms with Crippen molar-refractivity contribution in [3.05, 3.63) is 6.67 Å². The summed E-state index contributed by atoms with van der Waals surface area (Å²) in [5.74, 6) is -4.02. The van der Waals surface area contributed by atoms with Gasteiger partial charge in [0.2, 0.25) is 0 Å². The lowest BCUT2D eigenvalue weighted by Crippen LogP contribution is -2.25. The van der Waals surface area contributed by atoms with Gasteiger partial charge in [0.15, 0.2) is 0 Å². The van der Waals surface area contributed by atoms with Crippen LogP contribution in [0.3, 0.4) is 0 Å². The normalized spacial score (nSPS) is 13.6. The number of hydrogen-bond donors (Lipinski definition) is 0. The molecule has 0 amide bonds. The Balaban J connectivity index is 3.91. The van der Waals surface area contributed by atoms with E-state index in [1.165, 1.54) is 0 Å². The molecule has 0 aliphatic heterocycles. The molecule has 0 bridgehead atoms. The molecular weight excluding hydrogens is 174 g/mol. The van der Waals surface area contributed by atoms with Crippen LogP contribution in [0, 0.1) is 6.67 Å². The molecule has 0 aromatic carbocycles. The molecule has 0 heterocycles. The van der Waals surface area contributed by atoms with E-state index in [2.05, 4.69) is 0 Å². The minimum absolute atomic E-state index is 0.480. The fraction of sp³-hybridized carbons (Fsp3) is 0.800. The van der Waals surface area contributed by atoms with Gasteiger partial charge in [-0.1, -0.05) is 0 Å². The molecular formula is C5H5F6. The van der Waals surface area contributed by atoms with Crippen molar-refractivity contribution >= 4 is 0 Å². The Morgan fingerprint density at radius 3 is 1.73 bits per heavy atom. The Bertz CT molecular complexity index is 115. The maximum atomic E-state index is 11.9. The number of rotatable bonds is 3. The first-order chi connectivity index (χ1) is 4.77. The van der Waals surface area contributed by atoms with Crippen molar-refractivity contribution in [2.24, 2.45) is 0 Å². The molecule has 0 aromatic rings. The lowest BCUT2D eigenvalue weighted by Gasteiger charge is -2.15. The predicted octanol–water partition coefficient (Wildman–Crippen LogP) is 3.10. The monoisotopic (exact) mass is 179 g/mol. The van der Waals surface area contributed by atoms with Gasteiger partial charge in [-0.25, -0.2) is 13.2 Å². The Hall–Kier alpha value is -0.420. The van der Waals surface area contributed by atoms with Gasteiger partial charge in [-0.3, -0.25) is 0 Å². The van der Waals surface area contributed by atoms with Crippen molar-refractivity contribution in [2.45, 2.75) is 24.9 Å². The lowest BCUT2D eigenvalue weighted by atomic mass is 10.2. The van der Waals surface area contributed by atoms with Crippen LogP contribution in [0.1, 0.15) is 12.8 Å². The SMILES string of the molecule is F[CH]CC(F)(F)CC(F)(F)F. The van der Waals surface area contributed by atoms with E-state index in [9.17, 15) is 26.3 Å². The molecule has 0 unspecified atom stereocenters. The minimum atomic E-state index is -4.95.